The average molecular weight is 474 g/mol. The van der Waals surface area contributed by atoms with Crippen molar-refractivity contribution in [3.8, 4) is 5.75 Å². The maximum Gasteiger partial charge on any atom is 0.243 e. The zero-order valence-corrected chi connectivity index (χ0v) is 19.9. The lowest BCUT2D eigenvalue weighted by molar-refractivity contribution is -0.137. The third-order valence-electron chi connectivity index (χ3n) is 7.47. The van der Waals surface area contributed by atoms with Gasteiger partial charge in [-0.1, -0.05) is 24.6 Å². The number of fused-ring (bicyclic) bond motifs is 2. The first kappa shape index (κ1) is 22.3. The van der Waals surface area contributed by atoms with Crippen molar-refractivity contribution >= 4 is 22.8 Å². The van der Waals surface area contributed by atoms with Crippen LogP contribution in [-0.2, 0) is 35.8 Å². The van der Waals surface area contributed by atoms with Gasteiger partial charge in [0.25, 0.3) is 0 Å². The first-order chi connectivity index (χ1) is 17.1. The molecule has 1 aromatic heterocycles. The normalized spacial score (nSPS) is 21.3. The number of nitrogens with one attached hydrogen (secondary N) is 1. The molecule has 0 bridgehead atoms. The molecule has 7 nitrogen and oxygen atoms in total. The Kier molecular flexibility index (Phi) is 6.04. The summed E-state index contributed by atoms with van der Waals surface area (Å²) in [6.07, 6.45) is 4.89. The molecule has 0 spiro atoms. The topological polar surface area (TPSA) is 75.0 Å². The molecule has 2 fully saturated rings. The van der Waals surface area contributed by atoms with E-state index in [0.29, 0.717) is 32.5 Å². The third-order valence-corrected chi connectivity index (χ3v) is 7.47. The molecule has 0 saturated carbocycles. The number of carbonyl (C=O) groups is 2. The molecule has 0 radical (unpaired) electrons. The highest BCUT2D eigenvalue weighted by molar-refractivity contribution is 6.00. The van der Waals surface area contributed by atoms with Crippen LogP contribution in [0.15, 0.2) is 46.9 Å². The Morgan fingerprint density at radius 1 is 1.03 bits per heavy atom. The molecule has 1 atom stereocenters. The number of amides is 2. The molecule has 6 rings (SSSR count). The van der Waals surface area contributed by atoms with Crippen LogP contribution in [-0.4, -0.2) is 40.7 Å². The van der Waals surface area contributed by atoms with Crippen molar-refractivity contribution in [1.82, 2.24) is 15.1 Å². The van der Waals surface area contributed by atoms with Crippen molar-refractivity contribution in [3.63, 3.8) is 0 Å². The molecule has 7 heteroatoms. The van der Waals surface area contributed by atoms with Crippen molar-refractivity contribution in [2.75, 3.05) is 13.1 Å². The molecule has 3 aliphatic heterocycles. The number of furan rings is 1. The second kappa shape index (κ2) is 9.47. The Bertz CT molecular complexity index is 1260. The molecule has 2 amide bonds. The van der Waals surface area contributed by atoms with Gasteiger partial charge in [-0.05, 0) is 67.7 Å². The lowest BCUT2D eigenvalue weighted by Crippen LogP contribution is -2.50. The maximum absolute atomic E-state index is 12.3. The van der Waals surface area contributed by atoms with E-state index in [0.717, 1.165) is 34.6 Å². The number of hydrogen-bond acceptors (Lipinski definition) is 6. The minimum absolute atomic E-state index is 0.184. The monoisotopic (exact) mass is 473 g/mol. The second-order valence-electron chi connectivity index (χ2n) is 9.98. The molecule has 35 heavy (non-hydrogen) atoms. The lowest BCUT2D eigenvalue weighted by Gasteiger charge is -2.29. The molecule has 2 aromatic carbocycles. The summed E-state index contributed by atoms with van der Waals surface area (Å²) in [7, 11) is 0. The number of ether oxygens (including phenoxy) is 1. The number of benzene rings is 2. The fourth-order valence-electron chi connectivity index (χ4n) is 5.64. The number of likely N-dealkylation sites (tertiary alicyclic amines) is 1. The van der Waals surface area contributed by atoms with E-state index in [4.69, 9.17) is 9.15 Å². The molecule has 0 aliphatic carbocycles. The zero-order chi connectivity index (χ0) is 23.8. The number of rotatable bonds is 6. The maximum atomic E-state index is 12.3. The SMILES string of the molecule is O=C1CCC(N2Cc3cccc(OCc4cc5cc(CN6CCCCC6)ccc5o4)c3C2)C(=O)N1. The quantitative estimate of drug-likeness (QED) is 0.543. The van der Waals surface area contributed by atoms with Gasteiger partial charge in [0.05, 0.1) is 6.04 Å². The Labute approximate surface area is 205 Å². The Hall–Kier alpha value is -3.16. The van der Waals surface area contributed by atoms with Gasteiger partial charge in [0.1, 0.15) is 23.7 Å². The highest BCUT2D eigenvalue weighted by atomic mass is 16.5. The minimum atomic E-state index is -0.276. The van der Waals surface area contributed by atoms with Gasteiger partial charge in [-0.2, -0.15) is 0 Å². The van der Waals surface area contributed by atoms with E-state index in [1.807, 2.05) is 12.1 Å². The highest BCUT2D eigenvalue weighted by Gasteiger charge is 2.35. The molecule has 2 saturated heterocycles. The Morgan fingerprint density at radius 2 is 1.91 bits per heavy atom. The number of imide groups is 1. The van der Waals surface area contributed by atoms with Crippen molar-refractivity contribution in [2.45, 2.75) is 64.4 Å². The fraction of sp³-hybridized carbons (Fsp3) is 0.429. The van der Waals surface area contributed by atoms with E-state index < -0.39 is 0 Å². The van der Waals surface area contributed by atoms with Crippen LogP contribution in [0.3, 0.4) is 0 Å². The molecule has 3 aliphatic rings. The Morgan fingerprint density at radius 3 is 2.77 bits per heavy atom. The van der Waals surface area contributed by atoms with Gasteiger partial charge >= 0.3 is 0 Å². The van der Waals surface area contributed by atoms with Crippen LogP contribution < -0.4 is 10.1 Å². The molecular weight excluding hydrogens is 442 g/mol. The second-order valence-corrected chi connectivity index (χ2v) is 9.98. The predicted octanol–water partition coefficient (Wildman–Crippen LogP) is 4.12. The largest absolute Gasteiger partial charge is 0.485 e. The zero-order valence-electron chi connectivity index (χ0n) is 19.9. The summed E-state index contributed by atoms with van der Waals surface area (Å²) in [6, 6.07) is 14.3. The highest BCUT2D eigenvalue weighted by Crippen LogP contribution is 2.34. The summed E-state index contributed by atoms with van der Waals surface area (Å²) < 4.78 is 12.3. The van der Waals surface area contributed by atoms with Crippen LogP contribution in [0.25, 0.3) is 11.0 Å². The van der Waals surface area contributed by atoms with E-state index in [2.05, 4.69) is 45.4 Å². The van der Waals surface area contributed by atoms with Gasteiger partial charge < -0.3 is 9.15 Å². The first-order valence-electron chi connectivity index (χ1n) is 12.7. The van der Waals surface area contributed by atoms with Crippen LogP contribution >= 0.6 is 0 Å². The third kappa shape index (κ3) is 4.70. The van der Waals surface area contributed by atoms with Gasteiger partial charge in [-0.15, -0.1) is 0 Å². The van der Waals surface area contributed by atoms with Crippen LogP contribution in [0, 0.1) is 0 Å². The van der Waals surface area contributed by atoms with Gasteiger partial charge in [0.15, 0.2) is 0 Å². The summed E-state index contributed by atoms with van der Waals surface area (Å²) in [5, 5.41) is 3.58. The molecule has 4 heterocycles. The van der Waals surface area contributed by atoms with E-state index >= 15 is 0 Å². The lowest BCUT2D eigenvalue weighted by atomic mass is 10.0. The number of hydrogen-bond donors (Lipinski definition) is 1. The predicted molar refractivity (Wildman–Crippen MR) is 132 cm³/mol. The number of carbonyl (C=O) groups excluding carboxylic acids is 2. The number of nitrogens with zero attached hydrogens (tertiary/aromatic N) is 2. The summed E-state index contributed by atoms with van der Waals surface area (Å²) in [5.41, 5.74) is 4.48. The summed E-state index contributed by atoms with van der Waals surface area (Å²) in [4.78, 5) is 28.5. The molecule has 3 aromatic rings. The van der Waals surface area contributed by atoms with Crippen LogP contribution in [0.2, 0.25) is 0 Å². The number of piperidine rings is 2. The standard InChI is InChI=1S/C28H31N3O4/c32-27-10-8-24(28(33)29-27)31-16-20-5-4-6-26(23(20)17-31)34-18-22-14-21-13-19(7-9-25(21)35-22)15-30-11-2-1-3-12-30/h4-7,9,13-14,24H,1-3,8,10-12,15-18H2,(H,29,32,33). The van der Waals surface area contributed by atoms with Crippen LogP contribution in [0.4, 0.5) is 0 Å². The van der Waals surface area contributed by atoms with Crippen LogP contribution in [0.5, 0.6) is 5.75 Å². The van der Waals surface area contributed by atoms with Crippen LogP contribution in [0.1, 0.15) is 54.6 Å². The van der Waals surface area contributed by atoms with Crippen molar-refractivity contribution in [3.05, 3.63) is 64.9 Å². The molecule has 182 valence electrons. The van der Waals surface area contributed by atoms with Gasteiger partial charge in [-0.3, -0.25) is 24.7 Å². The Balaban J connectivity index is 1.12. The van der Waals surface area contributed by atoms with E-state index in [1.54, 1.807) is 0 Å². The van der Waals surface area contributed by atoms with Crippen molar-refractivity contribution < 1.29 is 18.7 Å². The minimum Gasteiger partial charge on any atom is -0.485 e. The summed E-state index contributed by atoms with van der Waals surface area (Å²) in [5.74, 6) is 1.24. The smallest absolute Gasteiger partial charge is 0.243 e. The summed E-state index contributed by atoms with van der Waals surface area (Å²) >= 11 is 0. The molecule has 1 unspecified atom stereocenters. The molecular formula is C28H31N3O4. The first-order valence-corrected chi connectivity index (χ1v) is 12.7. The molecule has 1 N–H and O–H groups in total. The van der Waals surface area contributed by atoms with E-state index in [1.165, 1.54) is 43.5 Å². The average Bonchev–Trinajstić information content (AvgIpc) is 3.47. The fourth-order valence-corrected chi connectivity index (χ4v) is 5.64. The van der Waals surface area contributed by atoms with Gasteiger partial charge in [0, 0.05) is 37.0 Å². The van der Waals surface area contributed by atoms with Gasteiger partial charge in [-0.25, -0.2) is 0 Å². The van der Waals surface area contributed by atoms with E-state index in [9.17, 15) is 9.59 Å². The van der Waals surface area contributed by atoms with E-state index in [-0.39, 0.29) is 17.9 Å². The van der Waals surface area contributed by atoms with Gasteiger partial charge in [0.2, 0.25) is 11.8 Å². The van der Waals surface area contributed by atoms with Crippen molar-refractivity contribution in [2.24, 2.45) is 0 Å². The van der Waals surface area contributed by atoms with Crippen molar-refractivity contribution in [1.29, 1.82) is 0 Å². The summed E-state index contributed by atoms with van der Waals surface area (Å²) in [6.45, 7) is 5.04.